The lowest BCUT2D eigenvalue weighted by Crippen LogP contribution is -2.41. The molecule has 4 rings (SSSR count). The molecule has 0 aliphatic carbocycles. The minimum absolute atomic E-state index is 0.0114. The van der Waals surface area contributed by atoms with E-state index >= 15 is 0 Å². The van der Waals surface area contributed by atoms with E-state index in [9.17, 15) is 14.4 Å². The summed E-state index contributed by atoms with van der Waals surface area (Å²) in [5, 5.41) is 0. The lowest BCUT2D eigenvalue weighted by molar-refractivity contribution is -0.129. The van der Waals surface area contributed by atoms with Crippen LogP contribution >= 0.6 is 0 Å². The van der Waals surface area contributed by atoms with Crippen LogP contribution in [0.25, 0.3) is 0 Å². The number of benzene rings is 1. The Hall–Kier alpha value is -3.61. The van der Waals surface area contributed by atoms with Crippen molar-refractivity contribution in [2.45, 2.75) is 39.4 Å². The molecule has 3 heterocycles. The Labute approximate surface area is 186 Å². The van der Waals surface area contributed by atoms with Crippen LogP contribution in [-0.2, 0) is 37.3 Å². The van der Waals surface area contributed by atoms with Crippen LogP contribution in [0.2, 0.25) is 0 Å². The van der Waals surface area contributed by atoms with Gasteiger partial charge in [-0.05, 0) is 35.6 Å². The number of carbonyl (C=O) groups excluding carboxylic acids is 2. The van der Waals surface area contributed by atoms with Crippen molar-refractivity contribution in [2.24, 2.45) is 0 Å². The van der Waals surface area contributed by atoms with E-state index in [-0.39, 0.29) is 22.9 Å². The molecule has 7 heteroatoms. The van der Waals surface area contributed by atoms with Gasteiger partial charge in [0.15, 0.2) is 0 Å². The van der Waals surface area contributed by atoms with E-state index in [1.54, 1.807) is 46.9 Å². The van der Waals surface area contributed by atoms with Crippen LogP contribution in [0.15, 0.2) is 64.3 Å². The summed E-state index contributed by atoms with van der Waals surface area (Å²) in [5.74, 6) is -0.319. The number of amides is 2. The molecule has 0 saturated heterocycles. The predicted octanol–water partition coefficient (Wildman–Crippen LogP) is 2.86. The van der Waals surface area contributed by atoms with Crippen LogP contribution in [0, 0.1) is 0 Å². The molecule has 1 aliphatic heterocycles. The molecule has 0 unspecified atom stereocenters. The molecule has 166 valence electrons. The SMILES string of the molecule is CC(=O)N1CCc2c(cn(CCc3ccccc3)c(=O)c2C(=O)N(C)Cc2ccoc2)C1. The molecule has 0 spiro atoms. The van der Waals surface area contributed by atoms with Crippen LogP contribution in [0.3, 0.4) is 0 Å². The van der Waals surface area contributed by atoms with Crippen LogP contribution < -0.4 is 5.56 Å². The average Bonchev–Trinajstić information content (AvgIpc) is 3.30. The lowest BCUT2D eigenvalue weighted by atomic mass is 9.95. The molecular formula is C25H27N3O4. The third-order valence-corrected chi connectivity index (χ3v) is 5.96. The van der Waals surface area contributed by atoms with Crippen molar-refractivity contribution >= 4 is 11.8 Å². The van der Waals surface area contributed by atoms with E-state index in [0.29, 0.717) is 39.0 Å². The van der Waals surface area contributed by atoms with E-state index in [0.717, 1.165) is 22.3 Å². The summed E-state index contributed by atoms with van der Waals surface area (Å²) in [6.45, 7) is 3.26. The Morgan fingerprint density at radius 3 is 2.59 bits per heavy atom. The molecule has 0 N–H and O–H groups in total. The largest absolute Gasteiger partial charge is 0.472 e. The van der Waals surface area contributed by atoms with E-state index < -0.39 is 0 Å². The zero-order chi connectivity index (χ0) is 22.7. The fourth-order valence-corrected chi connectivity index (χ4v) is 4.18. The molecule has 1 aliphatic rings. The summed E-state index contributed by atoms with van der Waals surface area (Å²) in [7, 11) is 1.69. The first-order chi connectivity index (χ1) is 15.4. The van der Waals surface area contributed by atoms with Gasteiger partial charge in [0.1, 0.15) is 5.56 Å². The number of rotatable bonds is 6. The van der Waals surface area contributed by atoms with E-state index in [1.165, 1.54) is 0 Å². The maximum absolute atomic E-state index is 13.4. The second kappa shape index (κ2) is 9.26. The highest BCUT2D eigenvalue weighted by Crippen LogP contribution is 2.22. The summed E-state index contributed by atoms with van der Waals surface area (Å²) < 4.78 is 6.72. The maximum atomic E-state index is 13.4. The second-order valence-corrected chi connectivity index (χ2v) is 8.23. The van der Waals surface area contributed by atoms with Crippen LogP contribution in [0.1, 0.15) is 39.5 Å². The topological polar surface area (TPSA) is 75.8 Å². The van der Waals surface area contributed by atoms with Crippen molar-refractivity contribution in [3.8, 4) is 0 Å². The molecule has 7 nitrogen and oxygen atoms in total. The summed E-state index contributed by atoms with van der Waals surface area (Å²) in [4.78, 5) is 42.1. The molecule has 0 radical (unpaired) electrons. The van der Waals surface area contributed by atoms with Gasteiger partial charge in [-0.3, -0.25) is 14.4 Å². The average molecular weight is 434 g/mol. The Morgan fingerprint density at radius 2 is 1.91 bits per heavy atom. The smallest absolute Gasteiger partial charge is 0.263 e. The van der Waals surface area contributed by atoms with Crippen LogP contribution in [0.5, 0.6) is 0 Å². The fraction of sp³-hybridized carbons (Fsp3) is 0.320. The highest BCUT2D eigenvalue weighted by molar-refractivity contribution is 5.95. The number of furan rings is 1. The first-order valence-electron chi connectivity index (χ1n) is 10.7. The van der Waals surface area contributed by atoms with Gasteiger partial charge in [-0.15, -0.1) is 0 Å². The van der Waals surface area contributed by atoms with Crippen molar-refractivity contribution in [3.63, 3.8) is 0 Å². The van der Waals surface area contributed by atoms with Crippen LogP contribution in [-0.4, -0.2) is 39.8 Å². The normalized spacial score (nSPS) is 13.0. The number of aryl methyl sites for hydroxylation is 2. The second-order valence-electron chi connectivity index (χ2n) is 8.23. The van der Waals surface area contributed by atoms with Crippen molar-refractivity contribution in [1.82, 2.24) is 14.4 Å². The molecule has 1 aromatic carbocycles. The highest BCUT2D eigenvalue weighted by atomic mass is 16.3. The Balaban J connectivity index is 1.70. The van der Waals surface area contributed by atoms with Gasteiger partial charge in [0.25, 0.3) is 11.5 Å². The summed E-state index contributed by atoms with van der Waals surface area (Å²) in [6, 6.07) is 11.7. The Kier molecular flexibility index (Phi) is 6.25. The van der Waals surface area contributed by atoms with Gasteiger partial charge in [0.2, 0.25) is 5.91 Å². The van der Waals surface area contributed by atoms with Gasteiger partial charge >= 0.3 is 0 Å². The first-order valence-corrected chi connectivity index (χ1v) is 10.7. The standard InChI is InChI=1S/C25H27N3O4/c1-18(29)27-12-9-22-21(15-27)16-28(11-8-19-6-4-3-5-7-19)25(31)23(22)24(30)26(2)14-20-10-13-32-17-20/h3-7,10,13,16-17H,8-9,11-12,14-15H2,1-2H3. The van der Waals surface area contributed by atoms with Crippen molar-refractivity contribution in [1.29, 1.82) is 0 Å². The summed E-state index contributed by atoms with van der Waals surface area (Å²) >= 11 is 0. The zero-order valence-electron chi connectivity index (χ0n) is 18.4. The molecule has 0 saturated carbocycles. The van der Waals surface area contributed by atoms with E-state index in [4.69, 9.17) is 4.42 Å². The number of aromatic nitrogens is 1. The Bertz CT molecular complexity index is 1170. The summed E-state index contributed by atoms with van der Waals surface area (Å²) in [6.07, 6.45) is 6.14. The van der Waals surface area contributed by atoms with Gasteiger partial charge < -0.3 is 18.8 Å². The summed E-state index contributed by atoms with van der Waals surface area (Å²) in [5.41, 5.74) is 3.53. The number of fused-ring (bicyclic) bond motifs is 1. The van der Waals surface area contributed by atoms with E-state index in [1.807, 2.05) is 36.5 Å². The van der Waals surface area contributed by atoms with Crippen LogP contribution in [0.4, 0.5) is 0 Å². The van der Waals surface area contributed by atoms with Gasteiger partial charge in [0, 0.05) is 51.9 Å². The minimum Gasteiger partial charge on any atom is -0.472 e. The third kappa shape index (κ3) is 4.51. The number of hydrogen-bond acceptors (Lipinski definition) is 4. The van der Waals surface area contributed by atoms with E-state index in [2.05, 4.69) is 0 Å². The number of pyridine rings is 1. The molecule has 0 atom stereocenters. The van der Waals surface area contributed by atoms with Gasteiger partial charge in [0.05, 0.1) is 12.5 Å². The molecular weight excluding hydrogens is 406 g/mol. The van der Waals surface area contributed by atoms with Gasteiger partial charge in [-0.25, -0.2) is 0 Å². The predicted molar refractivity (Wildman–Crippen MR) is 120 cm³/mol. The number of carbonyl (C=O) groups is 2. The number of nitrogens with zero attached hydrogens (tertiary/aromatic N) is 3. The number of hydrogen-bond donors (Lipinski definition) is 0. The first kappa shape index (κ1) is 21.6. The quantitative estimate of drug-likeness (QED) is 0.599. The van der Waals surface area contributed by atoms with Crippen molar-refractivity contribution in [2.75, 3.05) is 13.6 Å². The van der Waals surface area contributed by atoms with Gasteiger partial charge in [-0.1, -0.05) is 30.3 Å². The molecule has 3 aromatic rings. The zero-order valence-corrected chi connectivity index (χ0v) is 18.4. The maximum Gasteiger partial charge on any atom is 0.263 e. The molecule has 32 heavy (non-hydrogen) atoms. The molecule has 0 fully saturated rings. The lowest BCUT2D eigenvalue weighted by Gasteiger charge is -2.30. The Morgan fingerprint density at radius 1 is 1.12 bits per heavy atom. The molecule has 2 aromatic heterocycles. The monoisotopic (exact) mass is 433 g/mol. The van der Waals surface area contributed by atoms with Crippen molar-refractivity contribution in [3.05, 3.63) is 93.3 Å². The fourth-order valence-electron chi connectivity index (χ4n) is 4.18. The van der Waals surface area contributed by atoms with Crippen molar-refractivity contribution < 1.29 is 14.0 Å². The molecule has 0 bridgehead atoms. The molecule has 2 amide bonds. The van der Waals surface area contributed by atoms with Gasteiger partial charge in [-0.2, -0.15) is 0 Å². The highest BCUT2D eigenvalue weighted by Gasteiger charge is 2.28. The minimum atomic E-state index is -0.308. The third-order valence-electron chi connectivity index (χ3n) is 5.96.